The van der Waals surface area contributed by atoms with Crippen LogP contribution in [0.25, 0.3) is 10.8 Å². The van der Waals surface area contributed by atoms with Crippen molar-refractivity contribution in [2.45, 2.75) is 20.4 Å². The average molecular weight is 339 g/mol. The van der Waals surface area contributed by atoms with Gasteiger partial charge in [-0.15, -0.1) is 0 Å². The predicted octanol–water partition coefficient (Wildman–Crippen LogP) is 3.44. The second-order valence-corrected chi connectivity index (χ2v) is 6.24. The lowest BCUT2D eigenvalue weighted by Crippen LogP contribution is -2.29. The van der Waals surface area contributed by atoms with Gasteiger partial charge >= 0.3 is 0 Å². The molecule has 0 atom stereocenters. The van der Waals surface area contributed by atoms with Crippen molar-refractivity contribution in [3.63, 3.8) is 0 Å². The van der Waals surface area contributed by atoms with Gasteiger partial charge in [0.15, 0.2) is 5.69 Å². The van der Waals surface area contributed by atoms with E-state index in [-0.39, 0.29) is 23.0 Å². The molecule has 1 amide bonds. The molecule has 1 heterocycles. The van der Waals surface area contributed by atoms with E-state index in [1.165, 1.54) is 28.9 Å². The highest BCUT2D eigenvalue weighted by Crippen LogP contribution is 2.16. The van der Waals surface area contributed by atoms with Crippen molar-refractivity contribution in [3.05, 3.63) is 70.4 Å². The Hall–Kier alpha value is -3.02. The Morgan fingerprint density at radius 1 is 1.12 bits per heavy atom. The van der Waals surface area contributed by atoms with Crippen molar-refractivity contribution in [1.29, 1.82) is 0 Å². The Morgan fingerprint density at radius 2 is 1.76 bits per heavy atom. The molecular formula is C19H18FN3O2. The summed E-state index contributed by atoms with van der Waals surface area (Å²) in [6.07, 6.45) is 0. The standard InChI is InChI=1S/C19H18FN3O2/c1-12(2)11-23-19(25)16-6-4-3-5-15(16)17(22-23)18(24)21-14-9-7-13(20)8-10-14/h3-10,12H,11H2,1-2H3,(H,21,24). The van der Waals surface area contributed by atoms with Gasteiger partial charge in [0, 0.05) is 17.6 Å². The quantitative estimate of drug-likeness (QED) is 0.792. The highest BCUT2D eigenvalue weighted by Gasteiger charge is 2.17. The predicted molar refractivity (Wildman–Crippen MR) is 95.2 cm³/mol. The van der Waals surface area contributed by atoms with Crippen LogP contribution in [0.1, 0.15) is 24.3 Å². The fraction of sp³-hybridized carbons (Fsp3) is 0.211. The first kappa shape index (κ1) is 16.8. The van der Waals surface area contributed by atoms with E-state index in [4.69, 9.17) is 0 Å². The van der Waals surface area contributed by atoms with E-state index in [2.05, 4.69) is 10.4 Å². The van der Waals surface area contributed by atoms with Crippen LogP contribution in [0.15, 0.2) is 53.3 Å². The van der Waals surface area contributed by atoms with Crippen LogP contribution in [0, 0.1) is 11.7 Å². The molecule has 128 valence electrons. The summed E-state index contributed by atoms with van der Waals surface area (Å²) in [5, 5.41) is 7.91. The van der Waals surface area contributed by atoms with E-state index in [0.717, 1.165) is 0 Å². The summed E-state index contributed by atoms with van der Waals surface area (Å²) in [6, 6.07) is 12.4. The topological polar surface area (TPSA) is 64.0 Å². The summed E-state index contributed by atoms with van der Waals surface area (Å²) in [5.41, 5.74) is 0.404. The first-order valence-corrected chi connectivity index (χ1v) is 8.02. The Balaban J connectivity index is 2.07. The molecule has 3 rings (SSSR count). The van der Waals surface area contributed by atoms with Gasteiger partial charge in [-0.05, 0) is 36.2 Å². The Morgan fingerprint density at radius 3 is 2.40 bits per heavy atom. The number of aromatic nitrogens is 2. The molecule has 25 heavy (non-hydrogen) atoms. The molecule has 0 unspecified atom stereocenters. The molecule has 0 fully saturated rings. The molecule has 0 aliphatic rings. The molecule has 0 radical (unpaired) electrons. The van der Waals surface area contributed by atoms with Gasteiger partial charge in [0.25, 0.3) is 11.5 Å². The van der Waals surface area contributed by atoms with Gasteiger partial charge in [-0.25, -0.2) is 9.07 Å². The van der Waals surface area contributed by atoms with Crippen molar-refractivity contribution in [2.24, 2.45) is 5.92 Å². The van der Waals surface area contributed by atoms with E-state index in [9.17, 15) is 14.0 Å². The number of hydrogen-bond acceptors (Lipinski definition) is 3. The van der Waals surface area contributed by atoms with E-state index in [1.54, 1.807) is 24.3 Å². The zero-order valence-electron chi connectivity index (χ0n) is 14.0. The normalized spacial score (nSPS) is 11.0. The molecule has 0 spiro atoms. The number of halogens is 1. The highest BCUT2D eigenvalue weighted by molar-refractivity contribution is 6.11. The van der Waals surface area contributed by atoms with Crippen molar-refractivity contribution < 1.29 is 9.18 Å². The number of benzene rings is 2. The maximum Gasteiger partial charge on any atom is 0.276 e. The van der Waals surface area contributed by atoms with Crippen molar-refractivity contribution in [3.8, 4) is 0 Å². The third-order valence-electron chi connectivity index (χ3n) is 3.72. The van der Waals surface area contributed by atoms with Gasteiger partial charge < -0.3 is 5.32 Å². The number of carbonyl (C=O) groups excluding carboxylic acids is 1. The highest BCUT2D eigenvalue weighted by atomic mass is 19.1. The molecule has 5 nitrogen and oxygen atoms in total. The number of hydrogen-bond donors (Lipinski definition) is 1. The molecule has 0 aliphatic heterocycles. The minimum Gasteiger partial charge on any atom is -0.321 e. The maximum absolute atomic E-state index is 13.0. The van der Waals surface area contributed by atoms with Crippen molar-refractivity contribution >= 4 is 22.4 Å². The van der Waals surface area contributed by atoms with Gasteiger partial charge in [0.2, 0.25) is 0 Å². The van der Waals surface area contributed by atoms with E-state index in [0.29, 0.717) is 23.0 Å². The van der Waals surface area contributed by atoms with Gasteiger partial charge in [-0.2, -0.15) is 5.10 Å². The molecule has 1 N–H and O–H groups in total. The van der Waals surface area contributed by atoms with Crippen LogP contribution in [-0.4, -0.2) is 15.7 Å². The second kappa shape index (κ2) is 6.84. The summed E-state index contributed by atoms with van der Waals surface area (Å²) >= 11 is 0. The Bertz CT molecular complexity index is 978. The number of amides is 1. The second-order valence-electron chi connectivity index (χ2n) is 6.24. The lowest BCUT2D eigenvalue weighted by molar-refractivity contribution is 0.102. The number of fused-ring (bicyclic) bond motifs is 1. The van der Waals surface area contributed by atoms with Gasteiger partial charge in [-0.1, -0.05) is 32.0 Å². The van der Waals surface area contributed by atoms with Crippen LogP contribution in [0.4, 0.5) is 10.1 Å². The molecule has 0 saturated heterocycles. The van der Waals surface area contributed by atoms with Crippen LogP contribution in [0.3, 0.4) is 0 Å². The minimum atomic E-state index is -0.444. The molecule has 2 aromatic carbocycles. The SMILES string of the molecule is CC(C)Cn1nc(C(=O)Nc2ccc(F)cc2)c2ccccc2c1=O. The van der Waals surface area contributed by atoms with E-state index in [1.807, 2.05) is 13.8 Å². The summed E-state index contributed by atoms with van der Waals surface area (Å²) in [7, 11) is 0. The van der Waals surface area contributed by atoms with Crippen LogP contribution in [-0.2, 0) is 6.54 Å². The van der Waals surface area contributed by atoms with Gasteiger partial charge in [0.1, 0.15) is 5.82 Å². The van der Waals surface area contributed by atoms with Crippen LogP contribution >= 0.6 is 0 Å². The van der Waals surface area contributed by atoms with Crippen molar-refractivity contribution in [1.82, 2.24) is 9.78 Å². The van der Waals surface area contributed by atoms with Crippen LogP contribution in [0.2, 0.25) is 0 Å². The molecule has 0 aliphatic carbocycles. The number of nitrogens with one attached hydrogen (secondary N) is 1. The van der Waals surface area contributed by atoms with Crippen LogP contribution in [0.5, 0.6) is 0 Å². The summed E-state index contributed by atoms with van der Waals surface area (Å²) < 4.78 is 14.3. The maximum atomic E-state index is 13.0. The third-order valence-corrected chi connectivity index (χ3v) is 3.72. The largest absolute Gasteiger partial charge is 0.321 e. The van der Waals surface area contributed by atoms with E-state index < -0.39 is 5.91 Å². The fourth-order valence-electron chi connectivity index (χ4n) is 2.60. The first-order chi connectivity index (χ1) is 12.0. The number of rotatable bonds is 4. The molecule has 0 bridgehead atoms. The lowest BCUT2D eigenvalue weighted by Gasteiger charge is -2.12. The smallest absolute Gasteiger partial charge is 0.276 e. The van der Waals surface area contributed by atoms with E-state index >= 15 is 0 Å². The Kier molecular flexibility index (Phi) is 4.61. The summed E-state index contributed by atoms with van der Waals surface area (Å²) in [6.45, 7) is 4.36. The Labute approximate surface area is 144 Å². The lowest BCUT2D eigenvalue weighted by atomic mass is 10.1. The van der Waals surface area contributed by atoms with Crippen molar-refractivity contribution in [2.75, 3.05) is 5.32 Å². The number of anilines is 1. The third kappa shape index (κ3) is 3.57. The van der Waals surface area contributed by atoms with Crippen LogP contribution < -0.4 is 10.9 Å². The number of carbonyl (C=O) groups is 1. The summed E-state index contributed by atoms with van der Waals surface area (Å²) in [5.74, 6) is -0.619. The zero-order chi connectivity index (χ0) is 18.0. The number of nitrogens with zero attached hydrogens (tertiary/aromatic N) is 2. The molecule has 6 heteroatoms. The average Bonchev–Trinajstić information content (AvgIpc) is 2.59. The van der Waals surface area contributed by atoms with Gasteiger partial charge in [-0.3, -0.25) is 9.59 Å². The molecule has 1 aromatic heterocycles. The molecule has 0 saturated carbocycles. The molecular weight excluding hydrogens is 321 g/mol. The fourth-order valence-corrected chi connectivity index (χ4v) is 2.60. The first-order valence-electron chi connectivity index (χ1n) is 8.02. The van der Waals surface area contributed by atoms with Gasteiger partial charge in [0.05, 0.1) is 5.39 Å². The monoisotopic (exact) mass is 339 g/mol. The summed E-state index contributed by atoms with van der Waals surface area (Å²) in [4.78, 5) is 25.2. The minimum absolute atomic E-state index is 0.167. The molecule has 3 aromatic rings. The zero-order valence-corrected chi connectivity index (χ0v) is 14.0.